The van der Waals surface area contributed by atoms with Crippen LogP contribution in [0.25, 0.3) is 10.9 Å². The van der Waals surface area contributed by atoms with Crippen molar-refractivity contribution in [3.63, 3.8) is 0 Å². The van der Waals surface area contributed by atoms with Crippen LogP contribution in [0.2, 0.25) is 0 Å². The van der Waals surface area contributed by atoms with E-state index in [1.165, 1.54) is 5.56 Å². The molecule has 0 radical (unpaired) electrons. The summed E-state index contributed by atoms with van der Waals surface area (Å²) in [7, 11) is 1.96. The molecule has 1 fully saturated rings. The van der Waals surface area contributed by atoms with Crippen molar-refractivity contribution in [2.24, 2.45) is 7.05 Å². The van der Waals surface area contributed by atoms with Gasteiger partial charge in [-0.2, -0.15) is 11.8 Å². The SMILES string of the molecule is Cn1cnc(NC2COCC(SCc3ccc4c(=O)[nH][nH]c4c3)C2)c1. The Morgan fingerprint density at radius 2 is 2.32 bits per heavy atom. The van der Waals surface area contributed by atoms with Gasteiger partial charge in [0.25, 0.3) is 5.56 Å². The van der Waals surface area contributed by atoms with E-state index in [0.717, 1.165) is 30.1 Å². The first kappa shape index (κ1) is 16.3. The molecule has 0 spiro atoms. The van der Waals surface area contributed by atoms with Crippen LogP contribution in [0.1, 0.15) is 12.0 Å². The summed E-state index contributed by atoms with van der Waals surface area (Å²) in [6, 6.07) is 6.22. The fourth-order valence-electron chi connectivity index (χ4n) is 3.10. The van der Waals surface area contributed by atoms with E-state index in [-0.39, 0.29) is 11.6 Å². The molecule has 25 heavy (non-hydrogen) atoms. The highest BCUT2D eigenvalue weighted by Crippen LogP contribution is 2.26. The Bertz CT molecular complexity index is 915. The van der Waals surface area contributed by atoms with Crippen molar-refractivity contribution in [2.75, 3.05) is 18.5 Å². The highest BCUT2D eigenvalue weighted by atomic mass is 32.2. The normalized spacial score (nSPS) is 20.8. The highest BCUT2D eigenvalue weighted by molar-refractivity contribution is 7.99. The van der Waals surface area contributed by atoms with E-state index >= 15 is 0 Å². The number of aromatic amines is 2. The Morgan fingerprint density at radius 3 is 3.16 bits per heavy atom. The minimum Gasteiger partial charge on any atom is -0.378 e. The van der Waals surface area contributed by atoms with Crippen LogP contribution in [0.5, 0.6) is 0 Å². The van der Waals surface area contributed by atoms with E-state index in [1.54, 1.807) is 6.33 Å². The summed E-state index contributed by atoms with van der Waals surface area (Å²) < 4.78 is 7.70. The molecule has 4 rings (SSSR count). The molecule has 0 bridgehead atoms. The first-order valence-electron chi connectivity index (χ1n) is 8.30. The lowest BCUT2D eigenvalue weighted by Gasteiger charge is -2.29. The average Bonchev–Trinajstić information content (AvgIpc) is 3.19. The molecule has 2 atom stereocenters. The molecular weight excluding hydrogens is 338 g/mol. The van der Waals surface area contributed by atoms with Crippen molar-refractivity contribution in [3.05, 3.63) is 46.6 Å². The predicted molar refractivity (Wildman–Crippen MR) is 100 cm³/mol. The fraction of sp³-hybridized carbons (Fsp3) is 0.412. The van der Waals surface area contributed by atoms with Crippen LogP contribution in [0.15, 0.2) is 35.5 Å². The number of hydrogen-bond donors (Lipinski definition) is 3. The van der Waals surface area contributed by atoms with Crippen LogP contribution in [-0.4, -0.2) is 44.3 Å². The van der Waals surface area contributed by atoms with Gasteiger partial charge >= 0.3 is 0 Å². The van der Waals surface area contributed by atoms with Gasteiger partial charge in [0.1, 0.15) is 5.82 Å². The van der Waals surface area contributed by atoms with Crippen LogP contribution in [0, 0.1) is 0 Å². The van der Waals surface area contributed by atoms with Crippen LogP contribution in [0.3, 0.4) is 0 Å². The van der Waals surface area contributed by atoms with Gasteiger partial charge in [0.15, 0.2) is 0 Å². The first-order valence-corrected chi connectivity index (χ1v) is 9.35. The summed E-state index contributed by atoms with van der Waals surface area (Å²) in [5.74, 6) is 1.79. The van der Waals surface area contributed by atoms with Gasteiger partial charge in [-0.1, -0.05) is 6.07 Å². The average molecular weight is 359 g/mol. The molecule has 2 unspecified atom stereocenters. The monoisotopic (exact) mass is 359 g/mol. The Hall–Kier alpha value is -2.19. The quantitative estimate of drug-likeness (QED) is 0.649. The molecule has 3 N–H and O–H groups in total. The summed E-state index contributed by atoms with van der Waals surface area (Å²) in [6.07, 6.45) is 4.81. The number of nitrogens with one attached hydrogen (secondary N) is 3. The molecule has 1 aromatic carbocycles. The Labute approximate surface area is 149 Å². The highest BCUT2D eigenvalue weighted by Gasteiger charge is 2.23. The largest absolute Gasteiger partial charge is 0.378 e. The van der Waals surface area contributed by atoms with Crippen molar-refractivity contribution in [1.29, 1.82) is 0 Å². The summed E-state index contributed by atoms with van der Waals surface area (Å²) in [5, 5.41) is 10.1. The number of nitrogens with zero attached hydrogens (tertiary/aromatic N) is 2. The van der Waals surface area contributed by atoms with E-state index in [4.69, 9.17) is 4.74 Å². The molecule has 8 heteroatoms. The second kappa shape index (κ2) is 6.97. The summed E-state index contributed by atoms with van der Waals surface area (Å²) in [5.41, 5.74) is 1.99. The molecule has 0 aliphatic carbocycles. The van der Waals surface area contributed by atoms with Crippen molar-refractivity contribution in [3.8, 4) is 0 Å². The van der Waals surface area contributed by atoms with Gasteiger partial charge in [0, 0.05) is 24.2 Å². The fourth-order valence-corrected chi connectivity index (χ4v) is 4.27. The van der Waals surface area contributed by atoms with E-state index in [9.17, 15) is 4.79 Å². The molecule has 1 aliphatic rings. The van der Waals surface area contributed by atoms with Crippen molar-refractivity contribution < 1.29 is 4.74 Å². The second-order valence-corrected chi connectivity index (χ2v) is 7.72. The number of aromatic nitrogens is 4. The molecule has 0 saturated carbocycles. The number of ether oxygens (including phenoxy) is 1. The van der Waals surface area contributed by atoms with Crippen molar-refractivity contribution in [1.82, 2.24) is 19.7 Å². The molecule has 3 aromatic rings. The van der Waals surface area contributed by atoms with Crippen LogP contribution < -0.4 is 10.9 Å². The van der Waals surface area contributed by atoms with Gasteiger partial charge in [-0.25, -0.2) is 4.98 Å². The zero-order chi connectivity index (χ0) is 17.2. The van der Waals surface area contributed by atoms with Gasteiger partial charge < -0.3 is 14.6 Å². The number of imidazole rings is 1. The van der Waals surface area contributed by atoms with E-state index < -0.39 is 0 Å². The maximum absolute atomic E-state index is 11.6. The third-order valence-corrected chi connectivity index (χ3v) is 5.65. The maximum atomic E-state index is 11.6. The summed E-state index contributed by atoms with van der Waals surface area (Å²) in [6.45, 7) is 1.48. The molecule has 7 nitrogen and oxygen atoms in total. The number of rotatable bonds is 5. The predicted octanol–water partition coefficient (Wildman–Crippen LogP) is 2.09. The molecule has 2 aromatic heterocycles. The van der Waals surface area contributed by atoms with Crippen LogP contribution in [0.4, 0.5) is 5.82 Å². The van der Waals surface area contributed by atoms with Crippen LogP contribution >= 0.6 is 11.8 Å². The third-order valence-electron chi connectivity index (χ3n) is 4.35. The van der Waals surface area contributed by atoms with Gasteiger partial charge in [-0.15, -0.1) is 0 Å². The number of H-pyrrole nitrogens is 2. The number of benzene rings is 1. The lowest BCUT2D eigenvalue weighted by molar-refractivity contribution is 0.0921. The van der Waals surface area contributed by atoms with Crippen molar-refractivity contribution >= 4 is 28.5 Å². The van der Waals surface area contributed by atoms with E-state index in [1.807, 2.05) is 47.8 Å². The Morgan fingerprint density at radius 1 is 1.40 bits per heavy atom. The van der Waals surface area contributed by atoms with Gasteiger partial charge in [-0.05, 0) is 24.1 Å². The third kappa shape index (κ3) is 3.74. The smallest absolute Gasteiger partial charge is 0.271 e. The number of thioether (sulfide) groups is 1. The lowest BCUT2D eigenvalue weighted by Crippen LogP contribution is -2.36. The molecule has 0 amide bonds. The maximum Gasteiger partial charge on any atom is 0.271 e. The zero-order valence-electron chi connectivity index (χ0n) is 14.0. The summed E-state index contributed by atoms with van der Waals surface area (Å²) >= 11 is 1.89. The zero-order valence-corrected chi connectivity index (χ0v) is 14.8. The molecule has 3 heterocycles. The van der Waals surface area contributed by atoms with Gasteiger partial charge in [0.05, 0.1) is 36.5 Å². The van der Waals surface area contributed by atoms with E-state index in [2.05, 4.69) is 20.5 Å². The van der Waals surface area contributed by atoms with Crippen LogP contribution in [-0.2, 0) is 17.5 Å². The minimum absolute atomic E-state index is 0.0710. The van der Waals surface area contributed by atoms with Crippen molar-refractivity contribution in [2.45, 2.75) is 23.5 Å². The Balaban J connectivity index is 1.34. The number of fused-ring (bicyclic) bond motifs is 1. The van der Waals surface area contributed by atoms with E-state index in [0.29, 0.717) is 17.2 Å². The first-order chi connectivity index (χ1) is 12.2. The molecule has 132 valence electrons. The van der Waals surface area contributed by atoms with Gasteiger partial charge in [0.2, 0.25) is 0 Å². The topological polar surface area (TPSA) is 87.7 Å². The van der Waals surface area contributed by atoms with Gasteiger partial charge in [-0.3, -0.25) is 15.0 Å². The minimum atomic E-state index is -0.0710. The second-order valence-electron chi connectivity index (χ2n) is 6.43. The lowest BCUT2D eigenvalue weighted by atomic mass is 10.1. The number of hydrogen-bond acceptors (Lipinski definition) is 5. The number of aryl methyl sites for hydroxylation is 1. The summed E-state index contributed by atoms with van der Waals surface area (Å²) in [4.78, 5) is 15.9. The molecule has 1 aliphatic heterocycles. The number of anilines is 1. The molecule has 1 saturated heterocycles. The molecular formula is C17H21N5O2S. The Kier molecular flexibility index (Phi) is 4.54. The standard InChI is InChI=1S/C17H21N5O2S/c1-22-6-16(18-10-22)19-12-5-13(8-24-7-12)25-9-11-2-3-14-15(4-11)20-21-17(14)23/h2-4,6,10,12-13,19H,5,7-9H2,1H3,(H2,20,21,23).